The van der Waals surface area contributed by atoms with Gasteiger partial charge >= 0.3 is 0 Å². The second-order valence-electron chi connectivity index (χ2n) is 3.84. The lowest BCUT2D eigenvalue weighted by molar-refractivity contribution is 0.871. The van der Waals surface area contributed by atoms with E-state index in [1.807, 2.05) is 24.5 Å². The van der Waals surface area contributed by atoms with E-state index in [4.69, 9.17) is 0 Å². The molecule has 0 aromatic carbocycles. The molecule has 0 saturated carbocycles. The second kappa shape index (κ2) is 4.75. The van der Waals surface area contributed by atoms with Gasteiger partial charge in [0.25, 0.3) is 0 Å². The molecule has 0 amide bonds. The summed E-state index contributed by atoms with van der Waals surface area (Å²) < 4.78 is 0. The van der Waals surface area contributed by atoms with Gasteiger partial charge in [-0.05, 0) is 37.1 Å². The number of hydrogen-bond acceptors (Lipinski definition) is 3. The first-order valence-electron chi connectivity index (χ1n) is 5.34. The van der Waals surface area contributed by atoms with Crippen molar-refractivity contribution < 1.29 is 0 Å². The van der Waals surface area contributed by atoms with Crippen LogP contribution in [0.25, 0.3) is 0 Å². The van der Waals surface area contributed by atoms with Crippen LogP contribution in [-0.2, 0) is 0 Å². The number of aromatic nitrogens is 2. The summed E-state index contributed by atoms with van der Waals surface area (Å²) in [5.41, 5.74) is 3.44. The molecular formula is C13H15N3. The minimum Gasteiger partial charge on any atom is -0.377 e. The van der Waals surface area contributed by atoms with E-state index in [1.54, 1.807) is 12.4 Å². The standard InChI is InChI=1S/C13H15N3/c1-10-5-7-15-9-13(10)16-11(2)12-4-3-6-14-8-12/h3-9,11,16H,1-2H3. The lowest BCUT2D eigenvalue weighted by atomic mass is 10.1. The molecule has 0 bridgehead atoms. The largest absolute Gasteiger partial charge is 0.377 e. The molecule has 2 rings (SSSR count). The zero-order chi connectivity index (χ0) is 11.4. The molecule has 0 aliphatic rings. The summed E-state index contributed by atoms with van der Waals surface area (Å²) in [6.07, 6.45) is 7.31. The van der Waals surface area contributed by atoms with Crippen LogP contribution < -0.4 is 5.32 Å². The van der Waals surface area contributed by atoms with Crippen LogP contribution >= 0.6 is 0 Å². The van der Waals surface area contributed by atoms with Gasteiger partial charge in [-0.25, -0.2) is 0 Å². The molecule has 16 heavy (non-hydrogen) atoms. The lowest BCUT2D eigenvalue weighted by Gasteiger charge is -2.16. The van der Waals surface area contributed by atoms with E-state index in [1.165, 1.54) is 11.1 Å². The summed E-state index contributed by atoms with van der Waals surface area (Å²) in [5.74, 6) is 0. The highest BCUT2D eigenvalue weighted by molar-refractivity contribution is 5.49. The van der Waals surface area contributed by atoms with E-state index in [9.17, 15) is 0 Å². The molecule has 3 nitrogen and oxygen atoms in total. The first-order valence-corrected chi connectivity index (χ1v) is 5.34. The predicted molar refractivity (Wildman–Crippen MR) is 65.2 cm³/mol. The molecule has 0 fully saturated rings. The SMILES string of the molecule is Cc1ccncc1NC(C)c1cccnc1. The van der Waals surface area contributed by atoms with Gasteiger partial charge in [0.05, 0.1) is 17.9 Å². The maximum absolute atomic E-state index is 4.11. The Morgan fingerprint density at radius 1 is 1.12 bits per heavy atom. The number of nitrogens with zero attached hydrogens (tertiary/aromatic N) is 2. The summed E-state index contributed by atoms with van der Waals surface area (Å²) in [5, 5.41) is 3.42. The minimum absolute atomic E-state index is 0.233. The highest BCUT2D eigenvalue weighted by atomic mass is 14.9. The normalized spacial score (nSPS) is 12.1. The molecule has 1 unspecified atom stereocenters. The summed E-state index contributed by atoms with van der Waals surface area (Å²) in [7, 11) is 0. The molecule has 0 aliphatic carbocycles. The summed E-state index contributed by atoms with van der Waals surface area (Å²) in [6.45, 7) is 4.18. The maximum Gasteiger partial charge on any atom is 0.0561 e. The fourth-order valence-electron chi connectivity index (χ4n) is 1.56. The molecule has 1 N–H and O–H groups in total. The van der Waals surface area contributed by atoms with Gasteiger partial charge in [0.15, 0.2) is 0 Å². The van der Waals surface area contributed by atoms with E-state index >= 15 is 0 Å². The lowest BCUT2D eigenvalue weighted by Crippen LogP contribution is -2.08. The van der Waals surface area contributed by atoms with E-state index in [-0.39, 0.29) is 6.04 Å². The quantitative estimate of drug-likeness (QED) is 0.851. The summed E-state index contributed by atoms with van der Waals surface area (Å²) in [6, 6.07) is 6.25. The third kappa shape index (κ3) is 2.37. The zero-order valence-electron chi connectivity index (χ0n) is 9.51. The van der Waals surface area contributed by atoms with Gasteiger partial charge in [-0.2, -0.15) is 0 Å². The number of rotatable bonds is 3. The average Bonchev–Trinajstić information content (AvgIpc) is 2.33. The van der Waals surface area contributed by atoms with Gasteiger partial charge < -0.3 is 5.32 Å². The Morgan fingerprint density at radius 2 is 1.94 bits per heavy atom. The number of hydrogen-bond donors (Lipinski definition) is 1. The van der Waals surface area contributed by atoms with Gasteiger partial charge in [0, 0.05) is 18.6 Å². The summed E-state index contributed by atoms with van der Waals surface area (Å²) >= 11 is 0. The van der Waals surface area contributed by atoms with Crippen LogP contribution in [0.5, 0.6) is 0 Å². The second-order valence-corrected chi connectivity index (χ2v) is 3.84. The van der Waals surface area contributed by atoms with Gasteiger partial charge in [-0.15, -0.1) is 0 Å². The molecular weight excluding hydrogens is 198 g/mol. The van der Waals surface area contributed by atoms with Gasteiger partial charge in [-0.3, -0.25) is 9.97 Å². The Kier molecular flexibility index (Phi) is 3.15. The highest BCUT2D eigenvalue weighted by Crippen LogP contribution is 2.20. The Bertz CT molecular complexity index is 454. The van der Waals surface area contributed by atoms with Crippen molar-refractivity contribution in [2.45, 2.75) is 19.9 Å². The third-order valence-electron chi connectivity index (χ3n) is 2.60. The van der Waals surface area contributed by atoms with Crippen LogP contribution in [0.1, 0.15) is 24.1 Å². The van der Waals surface area contributed by atoms with Crippen LogP contribution in [0.2, 0.25) is 0 Å². The highest BCUT2D eigenvalue weighted by Gasteiger charge is 2.06. The van der Waals surface area contributed by atoms with Crippen LogP contribution in [0.3, 0.4) is 0 Å². The molecule has 82 valence electrons. The van der Waals surface area contributed by atoms with Crippen molar-refractivity contribution in [2.24, 2.45) is 0 Å². The fourth-order valence-corrected chi connectivity index (χ4v) is 1.56. The molecule has 0 radical (unpaired) electrons. The Labute approximate surface area is 95.6 Å². The van der Waals surface area contributed by atoms with Crippen molar-refractivity contribution in [3.8, 4) is 0 Å². The molecule has 0 spiro atoms. The number of nitrogens with one attached hydrogen (secondary N) is 1. The van der Waals surface area contributed by atoms with Crippen LogP contribution in [0.15, 0.2) is 43.0 Å². The van der Waals surface area contributed by atoms with Crippen molar-refractivity contribution >= 4 is 5.69 Å². The first kappa shape index (κ1) is 10.6. The van der Waals surface area contributed by atoms with Gasteiger partial charge in [0.1, 0.15) is 0 Å². The van der Waals surface area contributed by atoms with E-state index in [2.05, 4.69) is 35.2 Å². The fraction of sp³-hybridized carbons (Fsp3) is 0.231. The van der Waals surface area contributed by atoms with E-state index in [0.29, 0.717) is 0 Å². The minimum atomic E-state index is 0.233. The monoisotopic (exact) mass is 213 g/mol. The van der Waals surface area contributed by atoms with Gasteiger partial charge in [0.2, 0.25) is 0 Å². The number of aryl methyl sites for hydroxylation is 1. The van der Waals surface area contributed by atoms with Crippen LogP contribution in [0, 0.1) is 6.92 Å². The maximum atomic E-state index is 4.11. The van der Waals surface area contributed by atoms with Crippen molar-refractivity contribution in [3.63, 3.8) is 0 Å². The first-order chi connectivity index (χ1) is 7.77. The van der Waals surface area contributed by atoms with Crippen LogP contribution in [-0.4, -0.2) is 9.97 Å². The van der Waals surface area contributed by atoms with Crippen molar-refractivity contribution in [1.29, 1.82) is 0 Å². The number of pyridine rings is 2. The molecule has 0 saturated heterocycles. The molecule has 2 aromatic heterocycles. The van der Waals surface area contributed by atoms with E-state index in [0.717, 1.165) is 5.69 Å². The molecule has 3 heteroatoms. The van der Waals surface area contributed by atoms with Crippen molar-refractivity contribution in [2.75, 3.05) is 5.32 Å². The number of anilines is 1. The molecule has 0 aliphatic heterocycles. The third-order valence-corrected chi connectivity index (χ3v) is 2.60. The molecule has 1 atom stereocenters. The zero-order valence-corrected chi connectivity index (χ0v) is 9.51. The topological polar surface area (TPSA) is 37.8 Å². The summed E-state index contributed by atoms with van der Waals surface area (Å²) in [4.78, 5) is 8.23. The van der Waals surface area contributed by atoms with Crippen LogP contribution in [0.4, 0.5) is 5.69 Å². The van der Waals surface area contributed by atoms with E-state index < -0.39 is 0 Å². The molecule has 2 heterocycles. The average molecular weight is 213 g/mol. The van der Waals surface area contributed by atoms with Crippen molar-refractivity contribution in [1.82, 2.24) is 9.97 Å². The van der Waals surface area contributed by atoms with Crippen molar-refractivity contribution in [3.05, 3.63) is 54.1 Å². The smallest absolute Gasteiger partial charge is 0.0561 e. The Morgan fingerprint density at radius 3 is 2.62 bits per heavy atom. The predicted octanol–water partition coefficient (Wildman–Crippen LogP) is 2.96. The van der Waals surface area contributed by atoms with Gasteiger partial charge in [-0.1, -0.05) is 6.07 Å². The Hall–Kier alpha value is -1.90. The molecule has 2 aromatic rings. The Balaban J connectivity index is 2.14.